The molecule has 1 fully saturated rings. The van der Waals surface area contributed by atoms with Crippen LogP contribution in [0.15, 0.2) is 18.2 Å². The Bertz CT molecular complexity index is 430. The summed E-state index contributed by atoms with van der Waals surface area (Å²) in [7, 11) is 1.67. The molecule has 16 heavy (non-hydrogen) atoms. The van der Waals surface area contributed by atoms with Crippen LogP contribution in [0.1, 0.15) is 23.6 Å². The van der Waals surface area contributed by atoms with Gasteiger partial charge in [-0.2, -0.15) is 0 Å². The van der Waals surface area contributed by atoms with Crippen molar-refractivity contribution in [3.63, 3.8) is 0 Å². The molecule has 3 rings (SSSR count). The maximum atomic E-state index is 11.4. The summed E-state index contributed by atoms with van der Waals surface area (Å²) >= 11 is 0. The molecule has 4 heteroatoms. The molecule has 1 aromatic carbocycles. The average Bonchev–Trinajstić information content (AvgIpc) is 2.68. The van der Waals surface area contributed by atoms with E-state index in [-0.39, 0.29) is 18.0 Å². The number of benzene rings is 1. The first-order chi connectivity index (χ1) is 7.79. The maximum absolute atomic E-state index is 11.4. The molecule has 1 saturated heterocycles. The van der Waals surface area contributed by atoms with Gasteiger partial charge in [0.05, 0.1) is 13.2 Å². The van der Waals surface area contributed by atoms with Crippen molar-refractivity contribution in [3.05, 3.63) is 29.3 Å². The summed E-state index contributed by atoms with van der Waals surface area (Å²) in [5.41, 5.74) is 2.35. The van der Waals surface area contributed by atoms with Crippen LogP contribution in [0.3, 0.4) is 0 Å². The zero-order valence-electron chi connectivity index (χ0n) is 9.12. The fourth-order valence-corrected chi connectivity index (χ4v) is 2.63. The van der Waals surface area contributed by atoms with Gasteiger partial charge < -0.3 is 15.4 Å². The normalized spacial score (nSPS) is 26.9. The number of hydrogen-bond acceptors (Lipinski definition) is 3. The van der Waals surface area contributed by atoms with Crippen LogP contribution in [0.4, 0.5) is 0 Å². The molecule has 84 valence electrons. The third-order valence-electron chi connectivity index (χ3n) is 3.37. The van der Waals surface area contributed by atoms with Crippen LogP contribution in [0.25, 0.3) is 0 Å². The monoisotopic (exact) mass is 218 g/mol. The predicted molar refractivity (Wildman–Crippen MR) is 59.1 cm³/mol. The largest absolute Gasteiger partial charge is 0.496 e. The Morgan fingerprint density at radius 1 is 1.44 bits per heavy atom. The van der Waals surface area contributed by atoms with Crippen LogP contribution in [0.2, 0.25) is 0 Å². The number of carbonyl (C=O) groups is 1. The van der Waals surface area contributed by atoms with Crippen LogP contribution >= 0.6 is 0 Å². The number of ether oxygens (including phenoxy) is 1. The minimum atomic E-state index is 0.0624. The Kier molecular flexibility index (Phi) is 2.11. The Hall–Kier alpha value is -1.55. The zero-order valence-corrected chi connectivity index (χ0v) is 9.12. The highest BCUT2D eigenvalue weighted by Crippen LogP contribution is 2.37. The first-order valence-corrected chi connectivity index (χ1v) is 5.48. The topological polar surface area (TPSA) is 50.4 Å². The molecule has 0 radical (unpaired) electrons. The van der Waals surface area contributed by atoms with Gasteiger partial charge in [0.2, 0.25) is 5.91 Å². The Morgan fingerprint density at radius 3 is 3.12 bits per heavy atom. The molecule has 0 saturated carbocycles. The summed E-state index contributed by atoms with van der Waals surface area (Å²) in [5.74, 6) is 0.984. The minimum absolute atomic E-state index is 0.0624. The van der Waals surface area contributed by atoms with E-state index < -0.39 is 0 Å². The highest BCUT2D eigenvalue weighted by Gasteiger charge is 2.38. The third-order valence-corrected chi connectivity index (χ3v) is 3.37. The number of carbonyl (C=O) groups excluding carboxylic acids is 1. The molecule has 0 spiro atoms. The summed E-state index contributed by atoms with van der Waals surface area (Å²) in [6, 6.07) is 6.27. The molecule has 1 aromatic rings. The lowest BCUT2D eigenvalue weighted by Gasteiger charge is -2.30. The van der Waals surface area contributed by atoms with Crippen molar-refractivity contribution in [2.24, 2.45) is 0 Å². The molecule has 0 aromatic heterocycles. The van der Waals surface area contributed by atoms with Crippen molar-refractivity contribution in [2.75, 3.05) is 7.11 Å². The molecule has 4 nitrogen and oxygen atoms in total. The van der Waals surface area contributed by atoms with E-state index in [1.807, 2.05) is 12.1 Å². The second-order valence-corrected chi connectivity index (χ2v) is 4.27. The Balaban J connectivity index is 2.09. The number of hydrogen-bond donors (Lipinski definition) is 2. The first kappa shape index (κ1) is 9.66. The molecule has 2 aliphatic rings. The van der Waals surface area contributed by atoms with Gasteiger partial charge in [0.25, 0.3) is 0 Å². The molecule has 1 amide bonds. The SMILES string of the molecule is COc1cccc2c1[C@H]1NC(=O)C[C@H]1NC2. The van der Waals surface area contributed by atoms with E-state index in [4.69, 9.17) is 4.74 Å². The summed E-state index contributed by atoms with van der Waals surface area (Å²) in [6.07, 6.45) is 0.558. The predicted octanol–water partition coefficient (Wildman–Crippen LogP) is 0.728. The molecular formula is C12H14N2O2. The van der Waals surface area contributed by atoms with Crippen molar-refractivity contribution in [2.45, 2.75) is 25.0 Å². The van der Waals surface area contributed by atoms with Gasteiger partial charge in [-0.1, -0.05) is 12.1 Å². The minimum Gasteiger partial charge on any atom is -0.496 e. The van der Waals surface area contributed by atoms with Crippen molar-refractivity contribution < 1.29 is 9.53 Å². The average molecular weight is 218 g/mol. The van der Waals surface area contributed by atoms with E-state index in [1.165, 1.54) is 5.56 Å². The van der Waals surface area contributed by atoms with Crippen molar-refractivity contribution >= 4 is 5.91 Å². The molecule has 2 aliphatic heterocycles. The smallest absolute Gasteiger partial charge is 0.222 e. The summed E-state index contributed by atoms with van der Waals surface area (Å²) in [6.45, 7) is 0.808. The van der Waals surface area contributed by atoms with Gasteiger partial charge in [-0.15, -0.1) is 0 Å². The van der Waals surface area contributed by atoms with Gasteiger partial charge in [0.1, 0.15) is 5.75 Å². The van der Waals surface area contributed by atoms with Gasteiger partial charge >= 0.3 is 0 Å². The van der Waals surface area contributed by atoms with E-state index in [2.05, 4.69) is 16.7 Å². The Labute approximate surface area is 94.0 Å². The van der Waals surface area contributed by atoms with E-state index in [9.17, 15) is 4.79 Å². The van der Waals surface area contributed by atoms with E-state index >= 15 is 0 Å². The fourth-order valence-electron chi connectivity index (χ4n) is 2.63. The van der Waals surface area contributed by atoms with Gasteiger partial charge in [-0.3, -0.25) is 4.79 Å². The van der Waals surface area contributed by atoms with Gasteiger partial charge in [-0.05, 0) is 11.6 Å². The Morgan fingerprint density at radius 2 is 2.31 bits per heavy atom. The van der Waals surface area contributed by atoms with Crippen LogP contribution in [0.5, 0.6) is 5.75 Å². The molecule has 0 unspecified atom stereocenters. The molecule has 0 bridgehead atoms. The summed E-state index contributed by atoms with van der Waals surface area (Å²) in [5, 5.41) is 6.39. The molecule has 2 heterocycles. The quantitative estimate of drug-likeness (QED) is 0.730. The van der Waals surface area contributed by atoms with Crippen LogP contribution in [-0.4, -0.2) is 19.1 Å². The van der Waals surface area contributed by atoms with Crippen LogP contribution in [-0.2, 0) is 11.3 Å². The standard InChI is InChI=1S/C12H14N2O2/c1-16-9-4-2-3-7-6-13-8-5-10(15)14-12(8)11(7)9/h2-4,8,12-13H,5-6H2,1H3,(H,14,15)/t8-,12+/m1/s1. The molecule has 2 N–H and O–H groups in total. The van der Waals surface area contributed by atoms with Gasteiger partial charge in [0, 0.05) is 24.6 Å². The number of methoxy groups -OCH3 is 1. The summed E-state index contributed by atoms with van der Waals surface area (Å²) in [4.78, 5) is 11.4. The van der Waals surface area contributed by atoms with E-state index in [0.29, 0.717) is 6.42 Å². The van der Waals surface area contributed by atoms with Crippen LogP contribution in [0, 0.1) is 0 Å². The lowest BCUT2D eigenvalue weighted by atomic mass is 9.91. The van der Waals surface area contributed by atoms with E-state index in [0.717, 1.165) is 17.9 Å². The van der Waals surface area contributed by atoms with Crippen LogP contribution < -0.4 is 15.4 Å². The van der Waals surface area contributed by atoms with Crippen molar-refractivity contribution in [1.82, 2.24) is 10.6 Å². The number of rotatable bonds is 1. The third kappa shape index (κ3) is 1.30. The van der Waals surface area contributed by atoms with Gasteiger partial charge in [0.15, 0.2) is 0 Å². The summed E-state index contributed by atoms with van der Waals surface area (Å²) < 4.78 is 5.38. The van der Waals surface area contributed by atoms with Gasteiger partial charge in [-0.25, -0.2) is 0 Å². The number of amides is 1. The molecular weight excluding hydrogens is 204 g/mol. The zero-order chi connectivity index (χ0) is 11.1. The molecule has 0 aliphatic carbocycles. The number of fused-ring (bicyclic) bond motifs is 3. The lowest BCUT2D eigenvalue weighted by Crippen LogP contribution is -2.39. The fraction of sp³-hybridized carbons (Fsp3) is 0.417. The molecule has 2 atom stereocenters. The maximum Gasteiger partial charge on any atom is 0.222 e. The first-order valence-electron chi connectivity index (χ1n) is 5.48. The second kappa shape index (κ2) is 3.49. The lowest BCUT2D eigenvalue weighted by molar-refractivity contribution is -0.119. The van der Waals surface area contributed by atoms with E-state index in [1.54, 1.807) is 7.11 Å². The van der Waals surface area contributed by atoms with Crippen molar-refractivity contribution in [1.29, 1.82) is 0 Å². The highest BCUT2D eigenvalue weighted by atomic mass is 16.5. The number of nitrogens with one attached hydrogen (secondary N) is 2. The second-order valence-electron chi connectivity index (χ2n) is 4.27. The van der Waals surface area contributed by atoms with Crippen molar-refractivity contribution in [3.8, 4) is 5.75 Å². The highest BCUT2D eigenvalue weighted by molar-refractivity contribution is 5.80.